The number of ether oxygens (including phenoxy) is 3. The van der Waals surface area contributed by atoms with Crippen LogP contribution in [0.1, 0.15) is 18.1 Å². The number of carbonyl (C=O) groups is 1. The number of nitriles is 1. The lowest BCUT2D eigenvalue weighted by Crippen LogP contribution is -2.13. The number of nitrogens with zero attached hydrogens (tertiary/aromatic N) is 1. The van der Waals surface area contributed by atoms with Gasteiger partial charge in [-0.3, -0.25) is 4.79 Å². The van der Waals surface area contributed by atoms with Gasteiger partial charge in [-0.25, -0.2) is 0 Å². The molecule has 3 aromatic rings. The van der Waals surface area contributed by atoms with Gasteiger partial charge in [-0.15, -0.1) is 0 Å². The smallest absolute Gasteiger partial charge is 0.266 e. The second-order valence-corrected chi connectivity index (χ2v) is 9.13. The number of anilines is 1. The molecule has 180 valence electrons. The highest BCUT2D eigenvalue weighted by atomic mass is 127. The molecule has 0 saturated heterocycles. The maximum Gasteiger partial charge on any atom is 0.266 e. The number of benzene rings is 3. The van der Waals surface area contributed by atoms with Crippen LogP contribution in [0, 0.1) is 14.9 Å². The average molecular weight is 623 g/mol. The molecule has 9 heteroatoms. The lowest BCUT2D eigenvalue weighted by molar-refractivity contribution is -0.112. The van der Waals surface area contributed by atoms with Crippen LogP contribution in [0.4, 0.5) is 5.69 Å². The highest BCUT2D eigenvalue weighted by molar-refractivity contribution is 14.1. The Kier molecular flexibility index (Phi) is 9.66. The molecule has 3 aromatic carbocycles. The summed E-state index contributed by atoms with van der Waals surface area (Å²) < 4.78 is 17.7. The molecule has 0 aliphatic rings. The van der Waals surface area contributed by atoms with Crippen LogP contribution in [0.25, 0.3) is 6.08 Å². The first-order valence-corrected chi connectivity index (χ1v) is 12.3. The fourth-order valence-electron chi connectivity index (χ4n) is 3.05. The van der Waals surface area contributed by atoms with Gasteiger partial charge < -0.3 is 19.5 Å². The summed E-state index contributed by atoms with van der Waals surface area (Å²) in [6.45, 7) is 2.53. The van der Waals surface area contributed by atoms with Crippen molar-refractivity contribution in [2.75, 3.05) is 19.0 Å². The van der Waals surface area contributed by atoms with E-state index in [-0.39, 0.29) is 12.2 Å². The Morgan fingerprint density at radius 1 is 1.09 bits per heavy atom. The van der Waals surface area contributed by atoms with E-state index in [1.165, 1.54) is 6.08 Å². The zero-order valence-corrected chi connectivity index (χ0v) is 22.6. The number of nitrogens with one attached hydrogen (secondary N) is 1. The van der Waals surface area contributed by atoms with E-state index in [4.69, 9.17) is 37.4 Å². The van der Waals surface area contributed by atoms with E-state index in [1.807, 2.05) is 25.1 Å². The molecule has 0 unspecified atom stereocenters. The van der Waals surface area contributed by atoms with Gasteiger partial charge in [0.1, 0.15) is 24.0 Å². The van der Waals surface area contributed by atoms with E-state index in [9.17, 15) is 10.1 Å². The maximum atomic E-state index is 12.7. The zero-order valence-electron chi connectivity index (χ0n) is 18.9. The number of hydrogen-bond donors (Lipinski definition) is 1. The molecule has 0 fully saturated rings. The minimum Gasteiger partial charge on any atom is -0.497 e. The van der Waals surface area contributed by atoms with Gasteiger partial charge in [0, 0.05) is 5.69 Å². The first-order valence-electron chi connectivity index (χ1n) is 10.4. The van der Waals surface area contributed by atoms with Crippen LogP contribution >= 0.6 is 45.8 Å². The van der Waals surface area contributed by atoms with Crippen molar-refractivity contribution in [2.24, 2.45) is 0 Å². The fraction of sp³-hybridized carbons (Fsp3) is 0.154. The molecule has 35 heavy (non-hydrogen) atoms. The van der Waals surface area contributed by atoms with Crippen LogP contribution in [-0.2, 0) is 11.4 Å². The Morgan fingerprint density at radius 3 is 2.46 bits per heavy atom. The minimum atomic E-state index is -0.523. The molecule has 0 aliphatic heterocycles. The lowest BCUT2D eigenvalue weighted by Gasteiger charge is -2.15. The number of halogens is 3. The van der Waals surface area contributed by atoms with Crippen LogP contribution in [0.15, 0.2) is 60.2 Å². The highest BCUT2D eigenvalue weighted by Crippen LogP contribution is 2.36. The van der Waals surface area contributed by atoms with Crippen molar-refractivity contribution in [3.63, 3.8) is 0 Å². The topological polar surface area (TPSA) is 80.6 Å². The molecule has 0 saturated carbocycles. The van der Waals surface area contributed by atoms with Crippen LogP contribution in [-0.4, -0.2) is 19.6 Å². The van der Waals surface area contributed by atoms with Gasteiger partial charge in [0.05, 0.1) is 27.3 Å². The standard InChI is InChI=1S/C26H21Cl2IN2O4/c1-3-34-24-13-17(10-18(14-30)26(32)31-19-5-7-20(33-2)8-6-19)12-23(29)25(24)35-15-16-4-9-21(27)22(28)11-16/h4-13H,3,15H2,1-2H3,(H,31,32)/b18-10+. The number of amides is 1. The Morgan fingerprint density at radius 2 is 1.83 bits per heavy atom. The molecular formula is C26H21Cl2IN2O4. The summed E-state index contributed by atoms with van der Waals surface area (Å²) in [5, 5.41) is 13.2. The van der Waals surface area contributed by atoms with E-state index in [0.29, 0.717) is 45.2 Å². The third-order valence-electron chi connectivity index (χ3n) is 4.72. The van der Waals surface area contributed by atoms with Crippen molar-refractivity contribution >= 4 is 63.5 Å². The van der Waals surface area contributed by atoms with Gasteiger partial charge in [0.15, 0.2) is 11.5 Å². The van der Waals surface area contributed by atoms with Crippen molar-refractivity contribution in [3.8, 4) is 23.3 Å². The van der Waals surface area contributed by atoms with Crippen LogP contribution in [0.3, 0.4) is 0 Å². The summed E-state index contributed by atoms with van der Waals surface area (Å²) >= 11 is 14.2. The number of methoxy groups -OCH3 is 1. The summed E-state index contributed by atoms with van der Waals surface area (Å²) in [6, 6.07) is 17.6. The van der Waals surface area contributed by atoms with Crippen molar-refractivity contribution < 1.29 is 19.0 Å². The van der Waals surface area contributed by atoms with Gasteiger partial charge in [-0.1, -0.05) is 29.3 Å². The normalized spacial score (nSPS) is 10.9. The number of carbonyl (C=O) groups excluding carboxylic acids is 1. The number of hydrogen-bond acceptors (Lipinski definition) is 5. The molecule has 3 rings (SSSR count). The van der Waals surface area contributed by atoms with E-state index < -0.39 is 5.91 Å². The first-order chi connectivity index (χ1) is 16.8. The Bertz CT molecular complexity index is 1290. The van der Waals surface area contributed by atoms with Crippen LogP contribution in [0.2, 0.25) is 10.0 Å². The lowest BCUT2D eigenvalue weighted by atomic mass is 10.1. The molecule has 0 spiro atoms. The second-order valence-electron chi connectivity index (χ2n) is 7.15. The quantitative estimate of drug-likeness (QED) is 0.156. The maximum absolute atomic E-state index is 12.7. The predicted molar refractivity (Wildman–Crippen MR) is 146 cm³/mol. The third-order valence-corrected chi connectivity index (χ3v) is 6.26. The first kappa shape index (κ1) is 26.7. The average Bonchev–Trinajstić information content (AvgIpc) is 2.84. The van der Waals surface area contributed by atoms with Gasteiger partial charge in [-0.05, 0) is 95.2 Å². The zero-order chi connectivity index (χ0) is 25.4. The fourth-order valence-corrected chi connectivity index (χ4v) is 4.15. The molecule has 0 heterocycles. The summed E-state index contributed by atoms with van der Waals surface area (Å²) in [7, 11) is 1.56. The summed E-state index contributed by atoms with van der Waals surface area (Å²) in [5.74, 6) is 1.19. The Labute approximate surface area is 227 Å². The summed E-state index contributed by atoms with van der Waals surface area (Å²) in [4.78, 5) is 12.7. The molecule has 0 atom stereocenters. The predicted octanol–water partition coefficient (Wildman–Crippen LogP) is 7.13. The van der Waals surface area contributed by atoms with Crippen LogP contribution in [0.5, 0.6) is 17.2 Å². The van der Waals surface area contributed by atoms with Crippen molar-refractivity contribution in [2.45, 2.75) is 13.5 Å². The van der Waals surface area contributed by atoms with E-state index in [2.05, 4.69) is 27.9 Å². The highest BCUT2D eigenvalue weighted by Gasteiger charge is 2.15. The van der Waals surface area contributed by atoms with Crippen LogP contribution < -0.4 is 19.5 Å². The Balaban J connectivity index is 1.82. The molecule has 0 aromatic heterocycles. The molecule has 1 N–H and O–H groups in total. The van der Waals surface area contributed by atoms with E-state index in [0.717, 1.165) is 9.13 Å². The van der Waals surface area contributed by atoms with Crippen molar-refractivity contribution in [1.29, 1.82) is 5.26 Å². The van der Waals surface area contributed by atoms with Gasteiger partial charge in [-0.2, -0.15) is 5.26 Å². The number of rotatable bonds is 9. The summed E-state index contributed by atoms with van der Waals surface area (Å²) in [5.41, 5.74) is 1.97. The van der Waals surface area contributed by atoms with Gasteiger partial charge >= 0.3 is 0 Å². The van der Waals surface area contributed by atoms with E-state index in [1.54, 1.807) is 49.6 Å². The molecule has 0 aliphatic carbocycles. The van der Waals surface area contributed by atoms with Gasteiger partial charge in [0.25, 0.3) is 5.91 Å². The van der Waals surface area contributed by atoms with Gasteiger partial charge in [0.2, 0.25) is 0 Å². The monoisotopic (exact) mass is 622 g/mol. The summed E-state index contributed by atoms with van der Waals surface area (Å²) in [6.07, 6.45) is 1.51. The second kappa shape index (κ2) is 12.7. The molecule has 0 radical (unpaired) electrons. The molecule has 6 nitrogen and oxygen atoms in total. The molecule has 1 amide bonds. The SMILES string of the molecule is CCOc1cc(/C=C(\C#N)C(=O)Nc2ccc(OC)cc2)cc(I)c1OCc1ccc(Cl)c(Cl)c1. The largest absolute Gasteiger partial charge is 0.497 e. The molecule has 0 bridgehead atoms. The third kappa shape index (κ3) is 7.28. The Hall–Kier alpha value is -2.93. The van der Waals surface area contributed by atoms with E-state index >= 15 is 0 Å². The van der Waals surface area contributed by atoms with Crippen molar-refractivity contribution in [3.05, 3.63) is 84.9 Å². The van der Waals surface area contributed by atoms with Crippen molar-refractivity contribution in [1.82, 2.24) is 0 Å². The minimum absolute atomic E-state index is 0.0523. The molecular weight excluding hydrogens is 602 g/mol.